The highest BCUT2D eigenvalue weighted by Gasteiger charge is 2.22. The van der Waals surface area contributed by atoms with Crippen LogP contribution in [0.25, 0.3) is 0 Å². The lowest BCUT2D eigenvalue weighted by molar-refractivity contribution is -0.142. The molecule has 0 saturated heterocycles. The molecule has 0 aromatic rings. The molecule has 1 aliphatic rings. The fraction of sp³-hybridized carbons (Fsp3) is 0.818. The van der Waals surface area contributed by atoms with Gasteiger partial charge in [-0.3, -0.25) is 9.59 Å². The van der Waals surface area contributed by atoms with Crippen LogP contribution >= 0.6 is 0 Å². The Morgan fingerprint density at radius 1 is 1.44 bits per heavy atom. The number of hydrogen-bond donors (Lipinski definition) is 2. The van der Waals surface area contributed by atoms with Crippen LogP contribution in [0.1, 0.15) is 32.6 Å². The molecule has 1 aliphatic carbocycles. The first-order chi connectivity index (χ1) is 7.63. The predicted octanol–water partition coefficient (Wildman–Crippen LogP) is 0.196. The second-order valence-corrected chi connectivity index (χ2v) is 4.14. The minimum Gasteiger partial charge on any atom is -0.468 e. The van der Waals surface area contributed by atoms with Crippen molar-refractivity contribution in [1.29, 1.82) is 0 Å². The molecule has 5 nitrogen and oxygen atoms in total. The summed E-state index contributed by atoms with van der Waals surface area (Å²) in [5.74, 6) is -0.169. The Morgan fingerprint density at radius 2 is 2.12 bits per heavy atom. The maximum absolute atomic E-state index is 11.3. The van der Waals surface area contributed by atoms with E-state index >= 15 is 0 Å². The number of methoxy groups -OCH3 is 1. The molecule has 5 heteroatoms. The first kappa shape index (κ1) is 13.0. The maximum atomic E-state index is 11.3. The fourth-order valence-electron chi connectivity index (χ4n) is 1.36. The van der Waals surface area contributed by atoms with Gasteiger partial charge in [-0.2, -0.15) is 0 Å². The molecule has 2 N–H and O–H groups in total. The SMILES string of the molecule is COC(=O)C(C)NCCCC(=O)NC1CC1. The van der Waals surface area contributed by atoms with E-state index in [0.29, 0.717) is 19.0 Å². The van der Waals surface area contributed by atoms with Gasteiger partial charge in [-0.25, -0.2) is 0 Å². The first-order valence-corrected chi connectivity index (χ1v) is 5.74. The third kappa shape index (κ3) is 5.11. The van der Waals surface area contributed by atoms with Gasteiger partial charge in [-0.15, -0.1) is 0 Å². The average Bonchev–Trinajstić information content (AvgIpc) is 3.06. The van der Waals surface area contributed by atoms with E-state index in [0.717, 1.165) is 19.3 Å². The van der Waals surface area contributed by atoms with E-state index in [1.807, 2.05) is 0 Å². The van der Waals surface area contributed by atoms with Crippen LogP contribution in [-0.2, 0) is 14.3 Å². The highest BCUT2D eigenvalue weighted by molar-refractivity contribution is 5.76. The summed E-state index contributed by atoms with van der Waals surface area (Å²) in [6, 6.07) is 0.117. The van der Waals surface area contributed by atoms with Crippen molar-refractivity contribution >= 4 is 11.9 Å². The summed E-state index contributed by atoms with van der Waals surface area (Å²) in [5, 5.41) is 5.92. The molecule has 0 heterocycles. The Hall–Kier alpha value is -1.10. The molecule has 0 bridgehead atoms. The second kappa shape index (κ2) is 6.48. The van der Waals surface area contributed by atoms with Crippen molar-refractivity contribution in [2.24, 2.45) is 0 Å². The summed E-state index contributed by atoms with van der Waals surface area (Å²) in [5.41, 5.74) is 0. The lowest BCUT2D eigenvalue weighted by atomic mass is 10.2. The van der Waals surface area contributed by atoms with Crippen molar-refractivity contribution in [1.82, 2.24) is 10.6 Å². The molecule has 0 spiro atoms. The van der Waals surface area contributed by atoms with Gasteiger partial charge in [-0.1, -0.05) is 0 Å². The third-order valence-electron chi connectivity index (χ3n) is 2.53. The number of ether oxygens (including phenoxy) is 1. The van der Waals surface area contributed by atoms with Crippen LogP contribution in [0.5, 0.6) is 0 Å². The lowest BCUT2D eigenvalue weighted by Crippen LogP contribution is -2.36. The van der Waals surface area contributed by atoms with Gasteiger partial charge in [0.15, 0.2) is 0 Å². The van der Waals surface area contributed by atoms with Crippen molar-refractivity contribution < 1.29 is 14.3 Å². The molecule has 0 aromatic carbocycles. The zero-order chi connectivity index (χ0) is 12.0. The van der Waals surface area contributed by atoms with E-state index in [4.69, 9.17) is 0 Å². The number of carbonyl (C=O) groups excluding carboxylic acids is 2. The van der Waals surface area contributed by atoms with Gasteiger partial charge in [0.25, 0.3) is 0 Å². The van der Waals surface area contributed by atoms with E-state index in [-0.39, 0.29) is 17.9 Å². The Bertz CT molecular complexity index is 252. The molecule has 16 heavy (non-hydrogen) atoms. The van der Waals surface area contributed by atoms with Gasteiger partial charge in [0.05, 0.1) is 7.11 Å². The van der Waals surface area contributed by atoms with Crippen LogP contribution < -0.4 is 10.6 Å². The van der Waals surface area contributed by atoms with Gasteiger partial charge in [0, 0.05) is 12.5 Å². The van der Waals surface area contributed by atoms with Gasteiger partial charge in [0.2, 0.25) is 5.91 Å². The molecule has 1 atom stereocenters. The van der Waals surface area contributed by atoms with Crippen LogP contribution in [0, 0.1) is 0 Å². The molecule has 1 amide bonds. The summed E-state index contributed by atoms with van der Waals surface area (Å²) in [6.07, 6.45) is 3.48. The first-order valence-electron chi connectivity index (χ1n) is 5.74. The Labute approximate surface area is 95.9 Å². The summed E-state index contributed by atoms with van der Waals surface area (Å²) in [4.78, 5) is 22.3. The number of esters is 1. The van der Waals surface area contributed by atoms with Crippen LogP contribution in [0.15, 0.2) is 0 Å². The lowest BCUT2D eigenvalue weighted by Gasteiger charge is -2.10. The van der Waals surface area contributed by atoms with Gasteiger partial charge in [0.1, 0.15) is 6.04 Å². The zero-order valence-corrected chi connectivity index (χ0v) is 9.91. The van der Waals surface area contributed by atoms with Gasteiger partial charge >= 0.3 is 5.97 Å². The number of rotatable bonds is 7. The second-order valence-electron chi connectivity index (χ2n) is 4.14. The smallest absolute Gasteiger partial charge is 0.322 e. The molecule has 1 rings (SSSR count). The van der Waals surface area contributed by atoms with Crippen molar-refractivity contribution in [3.63, 3.8) is 0 Å². The van der Waals surface area contributed by atoms with E-state index in [2.05, 4.69) is 15.4 Å². The number of hydrogen-bond acceptors (Lipinski definition) is 4. The largest absolute Gasteiger partial charge is 0.468 e. The molecule has 1 fully saturated rings. The molecule has 0 radical (unpaired) electrons. The van der Waals surface area contributed by atoms with Crippen molar-refractivity contribution in [2.45, 2.75) is 44.7 Å². The van der Waals surface area contributed by atoms with E-state index in [1.165, 1.54) is 7.11 Å². The molecule has 0 aliphatic heterocycles. The Balaban J connectivity index is 1.97. The average molecular weight is 228 g/mol. The minimum absolute atomic E-state index is 0.107. The van der Waals surface area contributed by atoms with Crippen LogP contribution in [0.3, 0.4) is 0 Å². The summed E-state index contributed by atoms with van der Waals surface area (Å²) in [7, 11) is 1.36. The third-order valence-corrected chi connectivity index (χ3v) is 2.53. The highest BCUT2D eigenvalue weighted by atomic mass is 16.5. The molecule has 1 unspecified atom stereocenters. The fourth-order valence-corrected chi connectivity index (χ4v) is 1.36. The Kier molecular flexibility index (Phi) is 5.25. The van der Waals surface area contributed by atoms with Gasteiger partial charge < -0.3 is 15.4 Å². The predicted molar refractivity (Wildman–Crippen MR) is 59.9 cm³/mol. The molecule has 92 valence electrons. The topological polar surface area (TPSA) is 67.4 Å². The number of amides is 1. The van der Waals surface area contributed by atoms with E-state index in [1.54, 1.807) is 6.92 Å². The van der Waals surface area contributed by atoms with Crippen LogP contribution in [0.4, 0.5) is 0 Å². The van der Waals surface area contributed by atoms with Crippen molar-refractivity contribution in [3.8, 4) is 0 Å². The minimum atomic E-state index is -0.309. The standard InChI is InChI=1S/C11H20N2O3/c1-8(11(15)16-2)12-7-3-4-10(14)13-9-5-6-9/h8-9,12H,3-7H2,1-2H3,(H,13,14). The zero-order valence-electron chi connectivity index (χ0n) is 9.91. The quantitative estimate of drug-likeness (QED) is 0.482. The molecule has 1 saturated carbocycles. The molecular weight excluding hydrogens is 208 g/mol. The van der Waals surface area contributed by atoms with E-state index < -0.39 is 0 Å². The van der Waals surface area contributed by atoms with Crippen LogP contribution in [-0.4, -0.2) is 37.6 Å². The number of carbonyl (C=O) groups is 2. The van der Waals surface area contributed by atoms with Crippen molar-refractivity contribution in [2.75, 3.05) is 13.7 Å². The molecule has 0 aromatic heterocycles. The highest BCUT2D eigenvalue weighted by Crippen LogP contribution is 2.18. The summed E-state index contributed by atoms with van der Waals surface area (Å²) < 4.78 is 4.57. The molecular formula is C11H20N2O3. The van der Waals surface area contributed by atoms with E-state index in [9.17, 15) is 9.59 Å². The number of nitrogens with one attached hydrogen (secondary N) is 2. The van der Waals surface area contributed by atoms with Crippen molar-refractivity contribution in [3.05, 3.63) is 0 Å². The normalized spacial score (nSPS) is 16.6. The summed E-state index contributed by atoms with van der Waals surface area (Å²) >= 11 is 0. The summed E-state index contributed by atoms with van der Waals surface area (Å²) in [6.45, 7) is 2.39. The van der Waals surface area contributed by atoms with Crippen LogP contribution in [0.2, 0.25) is 0 Å². The Morgan fingerprint density at radius 3 is 2.69 bits per heavy atom. The van der Waals surface area contributed by atoms with Gasteiger partial charge in [-0.05, 0) is 32.7 Å². The monoisotopic (exact) mass is 228 g/mol. The maximum Gasteiger partial charge on any atom is 0.322 e.